The van der Waals surface area contributed by atoms with Gasteiger partial charge in [-0.05, 0) is 12.1 Å². The molecule has 1 N–H and O–H groups in total. The Kier molecular flexibility index (Phi) is 4.80. The van der Waals surface area contributed by atoms with Gasteiger partial charge in [0.05, 0.1) is 27.5 Å². The van der Waals surface area contributed by atoms with E-state index in [9.17, 15) is 4.79 Å². The highest BCUT2D eigenvalue weighted by Gasteiger charge is 2.12. The fraction of sp³-hybridized carbons (Fsp3) is 0.273. The smallest absolute Gasteiger partial charge is 0.227 e. The van der Waals surface area contributed by atoms with Crippen LogP contribution >= 0.6 is 0 Å². The first-order valence-electron chi connectivity index (χ1n) is 4.79. The lowest BCUT2D eigenvalue weighted by Gasteiger charge is -2.12. The summed E-state index contributed by atoms with van der Waals surface area (Å²) in [5, 5.41) is 3.67. The van der Waals surface area contributed by atoms with Gasteiger partial charge in [-0.25, -0.2) is 5.43 Å². The number of hydrogen-bond donors (Lipinski definition) is 1. The highest BCUT2D eigenvalue weighted by molar-refractivity contribution is 5.82. The summed E-state index contributed by atoms with van der Waals surface area (Å²) < 4.78 is 15.5. The second-order valence-corrected chi connectivity index (χ2v) is 2.96. The summed E-state index contributed by atoms with van der Waals surface area (Å²) in [4.78, 5) is 10.0. The summed E-state index contributed by atoms with van der Waals surface area (Å²) >= 11 is 0. The van der Waals surface area contributed by atoms with Gasteiger partial charge in [0, 0.05) is 5.56 Å². The van der Waals surface area contributed by atoms with Gasteiger partial charge < -0.3 is 14.2 Å². The van der Waals surface area contributed by atoms with E-state index in [-0.39, 0.29) is 0 Å². The van der Waals surface area contributed by atoms with Crippen molar-refractivity contribution in [1.82, 2.24) is 5.43 Å². The Morgan fingerprint density at radius 3 is 2.12 bits per heavy atom. The molecule has 0 heterocycles. The molecule has 0 fully saturated rings. The molecule has 1 aromatic carbocycles. The quantitative estimate of drug-likeness (QED) is 0.452. The molecule has 0 saturated carbocycles. The van der Waals surface area contributed by atoms with Crippen LogP contribution in [0.1, 0.15) is 5.56 Å². The molecule has 17 heavy (non-hydrogen) atoms. The third-order valence-corrected chi connectivity index (χ3v) is 2.03. The first-order chi connectivity index (χ1) is 8.26. The molecule has 0 radical (unpaired) electrons. The molecule has 92 valence electrons. The third kappa shape index (κ3) is 3.10. The molecule has 0 saturated heterocycles. The molecule has 0 aromatic heterocycles. The van der Waals surface area contributed by atoms with Crippen molar-refractivity contribution in [1.29, 1.82) is 0 Å². The molecule has 0 unspecified atom stereocenters. The van der Waals surface area contributed by atoms with E-state index in [0.29, 0.717) is 29.2 Å². The Morgan fingerprint density at radius 1 is 1.12 bits per heavy atom. The molecule has 0 bridgehead atoms. The number of rotatable bonds is 6. The topological polar surface area (TPSA) is 69.2 Å². The number of benzene rings is 1. The van der Waals surface area contributed by atoms with Crippen LogP contribution in [-0.2, 0) is 4.79 Å². The molecule has 0 atom stereocenters. The zero-order valence-corrected chi connectivity index (χ0v) is 9.89. The monoisotopic (exact) mass is 238 g/mol. The molecule has 0 aliphatic heterocycles. The van der Waals surface area contributed by atoms with Crippen LogP contribution in [-0.4, -0.2) is 34.0 Å². The van der Waals surface area contributed by atoms with Gasteiger partial charge in [0.1, 0.15) is 0 Å². The van der Waals surface area contributed by atoms with Crippen molar-refractivity contribution >= 4 is 12.6 Å². The van der Waals surface area contributed by atoms with Crippen molar-refractivity contribution in [3.8, 4) is 17.2 Å². The Labute approximate surface area is 99.2 Å². The van der Waals surface area contributed by atoms with Crippen LogP contribution in [0.4, 0.5) is 0 Å². The van der Waals surface area contributed by atoms with Crippen molar-refractivity contribution < 1.29 is 19.0 Å². The molecule has 0 spiro atoms. The minimum absolute atomic E-state index is 0.481. The number of nitrogens with one attached hydrogen (secondary N) is 1. The van der Waals surface area contributed by atoms with Crippen LogP contribution < -0.4 is 19.6 Å². The third-order valence-electron chi connectivity index (χ3n) is 2.03. The average molecular weight is 238 g/mol. The van der Waals surface area contributed by atoms with E-state index in [1.165, 1.54) is 27.5 Å². The average Bonchev–Trinajstić information content (AvgIpc) is 2.37. The van der Waals surface area contributed by atoms with Crippen LogP contribution in [0.25, 0.3) is 0 Å². The number of amides is 1. The van der Waals surface area contributed by atoms with Crippen molar-refractivity contribution in [2.24, 2.45) is 5.10 Å². The molecule has 0 aliphatic carbocycles. The van der Waals surface area contributed by atoms with Gasteiger partial charge in [0.2, 0.25) is 12.2 Å². The molecular formula is C11H14N2O4. The zero-order valence-electron chi connectivity index (χ0n) is 9.89. The van der Waals surface area contributed by atoms with Gasteiger partial charge in [-0.3, -0.25) is 4.79 Å². The molecular weight excluding hydrogens is 224 g/mol. The molecule has 1 rings (SSSR count). The van der Waals surface area contributed by atoms with Gasteiger partial charge >= 0.3 is 0 Å². The fourth-order valence-electron chi connectivity index (χ4n) is 1.32. The van der Waals surface area contributed by atoms with Crippen LogP contribution in [0, 0.1) is 0 Å². The van der Waals surface area contributed by atoms with Gasteiger partial charge in [-0.2, -0.15) is 5.10 Å². The van der Waals surface area contributed by atoms with Crippen LogP contribution in [0.5, 0.6) is 17.2 Å². The van der Waals surface area contributed by atoms with Crippen molar-refractivity contribution in [2.75, 3.05) is 21.3 Å². The number of carbonyl (C=O) groups excluding carboxylic acids is 1. The molecule has 1 aromatic rings. The summed E-state index contributed by atoms with van der Waals surface area (Å²) in [5.74, 6) is 1.56. The Morgan fingerprint density at radius 2 is 1.71 bits per heavy atom. The van der Waals surface area contributed by atoms with Gasteiger partial charge in [-0.1, -0.05) is 0 Å². The normalized spacial score (nSPS) is 10.1. The van der Waals surface area contributed by atoms with E-state index in [1.807, 2.05) is 0 Å². The van der Waals surface area contributed by atoms with Gasteiger partial charge in [-0.15, -0.1) is 0 Å². The second-order valence-electron chi connectivity index (χ2n) is 2.96. The number of hydrogen-bond acceptors (Lipinski definition) is 5. The van der Waals surface area contributed by atoms with Gasteiger partial charge in [0.25, 0.3) is 0 Å². The number of ether oxygens (including phenoxy) is 3. The maximum Gasteiger partial charge on any atom is 0.227 e. The number of hydrazone groups is 1. The van der Waals surface area contributed by atoms with Crippen LogP contribution in [0.3, 0.4) is 0 Å². The zero-order chi connectivity index (χ0) is 12.7. The SMILES string of the molecule is COc1cc(/C=N/NC=O)cc(OC)c1OC. The predicted octanol–water partition coefficient (Wildman–Crippen LogP) is 0.792. The van der Waals surface area contributed by atoms with Gasteiger partial charge in [0.15, 0.2) is 11.5 Å². The maximum absolute atomic E-state index is 10.0. The maximum atomic E-state index is 10.0. The van der Waals surface area contributed by atoms with E-state index in [1.54, 1.807) is 12.1 Å². The molecule has 6 nitrogen and oxygen atoms in total. The number of carbonyl (C=O) groups is 1. The molecule has 0 aliphatic rings. The minimum Gasteiger partial charge on any atom is -0.493 e. The second kappa shape index (κ2) is 6.37. The highest BCUT2D eigenvalue weighted by atomic mass is 16.5. The Hall–Kier alpha value is -2.24. The Balaban J connectivity index is 3.12. The van der Waals surface area contributed by atoms with Crippen molar-refractivity contribution in [3.63, 3.8) is 0 Å². The van der Waals surface area contributed by atoms with Crippen LogP contribution in [0.15, 0.2) is 17.2 Å². The molecule has 1 amide bonds. The van der Waals surface area contributed by atoms with E-state index < -0.39 is 0 Å². The van der Waals surface area contributed by atoms with Crippen molar-refractivity contribution in [2.45, 2.75) is 0 Å². The first kappa shape index (κ1) is 12.8. The van der Waals surface area contributed by atoms with E-state index in [0.717, 1.165) is 0 Å². The summed E-state index contributed by atoms with van der Waals surface area (Å²) in [5.41, 5.74) is 2.89. The Bertz CT molecular complexity index is 393. The summed E-state index contributed by atoms with van der Waals surface area (Å²) in [6.45, 7) is 0. The van der Waals surface area contributed by atoms with E-state index in [4.69, 9.17) is 14.2 Å². The lowest BCUT2D eigenvalue weighted by Crippen LogP contribution is -2.01. The number of nitrogens with zero attached hydrogens (tertiary/aromatic N) is 1. The van der Waals surface area contributed by atoms with Crippen molar-refractivity contribution in [3.05, 3.63) is 17.7 Å². The lowest BCUT2D eigenvalue weighted by molar-refractivity contribution is -0.109. The predicted molar refractivity (Wildman–Crippen MR) is 62.9 cm³/mol. The van der Waals surface area contributed by atoms with E-state index in [2.05, 4.69) is 10.5 Å². The lowest BCUT2D eigenvalue weighted by atomic mass is 10.2. The van der Waals surface area contributed by atoms with Crippen LogP contribution in [0.2, 0.25) is 0 Å². The summed E-state index contributed by atoms with van der Waals surface area (Å²) in [6, 6.07) is 3.44. The number of methoxy groups -OCH3 is 3. The molecule has 6 heteroatoms. The summed E-state index contributed by atoms with van der Waals surface area (Å²) in [6.07, 6.45) is 1.95. The first-order valence-corrected chi connectivity index (χ1v) is 4.79. The minimum atomic E-state index is 0.481. The summed E-state index contributed by atoms with van der Waals surface area (Å²) in [7, 11) is 4.59. The highest BCUT2D eigenvalue weighted by Crippen LogP contribution is 2.37. The fourth-order valence-corrected chi connectivity index (χ4v) is 1.32. The van der Waals surface area contributed by atoms with E-state index >= 15 is 0 Å². The largest absolute Gasteiger partial charge is 0.493 e. The standard InChI is InChI=1S/C11H14N2O4/c1-15-9-4-8(6-12-13-7-14)5-10(16-2)11(9)17-3/h4-7H,1-3H3,(H,13,14)/b12-6+.